The number of nitrogens with zero attached hydrogens (tertiary/aromatic N) is 2. The highest BCUT2D eigenvalue weighted by molar-refractivity contribution is 5.78. The van der Waals surface area contributed by atoms with Gasteiger partial charge < -0.3 is 24.6 Å². The molecule has 7 nitrogen and oxygen atoms in total. The molecule has 0 atom stereocenters. The number of nitrogens with one attached hydrogen (secondary N) is 1. The van der Waals surface area contributed by atoms with Crippen molar-refractivity contribution >= 4 is 12.0 Å². The van der Waals surface area contributed by atoms with Crippen molar-refractivity contribution in [2.75, 3.05) is 60.1 Å². The number of hydrogen-bond donors (Lipinski definition) is 1. The van der Waals surface area contributed by atoms with Crippen molar-refractivity contribution < 1.29 is 19.1 Å². The number of methoxy groups -OCH3 is 2. The van der Waals surface area contributed by atoms with E-state index in [1.807, 2.05) is 0 Å². The molecule has 0 unspecified atom stereocenters. The molecule has 2 amide bonds. The maximum Gasteiger partial charge on any atom is 0.409 e. The zero-order valence-electron chi connectivity index (χ0n) is 11.0. The molecule has 0 saturated carbocycles. The SMILES string of the molecule is COCCNCC(=O)N1CCN(C(=O)OC)CC1. The zero-order valence-corrected chi connectivity index (χ0v) is 11.0. The number of hydrogen-bond acceptors (Lipinski definition) is 5. The van der Waals surface area contributed by atoms with Gasteiger partial charge >= 0.3 is 6.09 Å². The van der Waals surface area contributed by atoms with Gasteiger partial charge in [-0.25, -0.2) is 4.79 Å². The summed E-state index contributed by atoms with van der Waals surface area (Å²) in [5, 5.41) is 3.01. The Kier molecular flexibility index (Phi) is 6.45. The van der Waals surface area contributed by atoms with E-state index in [4.69, 9.17) is 4.74 Å². The largest absolute Gasteiger partial charge is 0.453 e. The first-order chi connectivity index (χ1) is 8.69. The smallest absolute Gasteiger partial charge is 0.409 e. The fourth-order valence-corrected chi connectivity index (χ4v) is 1.75. The van der Waals surface area contributed by atoms with E-state index in [0.717, 1.165) is 0 Å². The number of ether oxygens (including phenoxy) is 2. The second kappa shape index (κ2) is 7.88. The van der Waals surface area contributed by atoms with Crippen LogP contribution in [-0.2, 0) is 14.3 Å². The number of carbonyl (C=O) groups is 2. The number of rotatable bonds is 5. The number of amides is 2. The number of piperazine rings is 1. The van der Waals surface area contributed by atoms with Crippen LogP contribution in [0.25, 0.3) is 0 Å². The summed E-state index contributed by atoms with van der Waals surface area (Å²) in [4.78, 5) is 26.4. The Morgan fingerprint density at radius 1 is 1.11 bits per heavy atom. The molecule has 1 aliphatic rings. The fourth-order valence-electron chi connectivity index (χ4n) is 1.75. The summed E-state index contributed by atoms with van der Waals surface area (Å²) in [6.45, 7) is 3.71. The van der Waals surface area contributed by atoms with Gasteiger partial charge in [-0.2, -0.15) is 0 Å². The fraction of sp³-hybridized carbons (Fsp3) is 0.818. The van der Waals surface area contributed by atoms with Gasteiger partial charge in [0.15, 0.2) is 0 Å². The second-order valence-electron chi connectivity index (χ2n) is 4.01. The van der Waals surface area contributed by atoms with Gasteiger partial charge in [0.2, 0.25) is 5.91 Å². The van der Waals surface area contributed by atoms with Crippen LogP contribution in [0.2, 0.25) is 0 Å². The topological polar surface area (TPSA) is 71.1 Å². The third-order valence-corrected chi connectivity index (χ3v) is 2.82. The van der Waals surface area contributed by atoms with E-state index in [1.54, 1.807) is 16.9 Å². The van der Waals surface area contributed by atoms with Crippen molar-refractivity contribution in [1.29, 1.82) is 0 Å². The molecule has 1 rings (SSSR count). The summed E-state index contributed by atoms with van der Waals surface area (Å²) >= 11 is 0. The van der Waals surface area contributed by atoms with Crippen LogP contribution >= 0.6 is 0 Å². The highest BCUT2D eigenvalue weighted by atomic mass is 16.5. The van der Waals surface area contributed by atoms with Crippen LogP contribution in [-0.4, -0.2) is 81.9 Å². The van der Waals surface area contributed by atoms with Crippen molar-refractivity contribution in [3.05, 3.63) is 0 Å². The van der Waals surface area contributed by atoms with E-state index in [-0.39, 0.29) is 12.0 Å². The Morgan fingerprint density at radius 2 is 1.72 bits per heavy atom. The Balaban J connectivity index is 2.21. The summed E-state index contributed by atoms with van der Waals surface area (Å²) in [5.41, 5.74) is 0. The lowest BCUT2D eigenvalue weighted by Gasteiger charge is -2.33. The molecule has 0 aromatic carbocycles. The Morgan fingerprint density at radius 3 is 2.28 bits per heavy atom. The minimum absolute atomic E-state index is 0.0515. The third kappa shape index (κ3) is 4.50. The maximum atomic E-state index is 11.8. The molecule has 0 bridgehead atoms. The molecule has 1 saturated heterocycles. The van der Waals surface area contributed by atoms with Crippen molar-refractivity contribution in [1.82, 2.24) is 15.1 Å². The average molecular weight is 259 g/mol. The van der Waals surface area contributed by atoms with Gasteiger partial charge in [0.05, 0.1) is 20.3 Å². The van der Waals surface area contributed by atoms with Crippen LogP contribution in [0.3, 0.4) is 0 Å². The Labute approximate surface area is 107 Å². The molecule has 18 heavy (non-hydrogen) atoms. The van der Waals surface area contributed by atoms with Gasteiger partial charge in [0.1, 0.15) is 0 Å². The van der Waals surface area contributed by atoms with E-state index in [2.05, 4.69) is 10.1 Å². The average Bonchev–Trinajstić information content (AvgIpc) is 2.42. The van der Waals surface area contributed by atoms with Gasteiger partial charge in [0.25, 0.3) is 0 Å². The van der Waals surface area contributed by atoms with E-state index in [1.165, 1.54) is 7.11 Å². The lowest BCUT2D eigenvalue weighted by molar-refractivity contribution is -0.131. The molecule has 1 aliphatic heterocycles. The van der Waals surface area contributed by atoms with E-state index >= 15 is 0 Å². The summed E-state index contributed by atoms with van der Waals surface area (Å²) in [6, 6.07) is 0. The minimum atomic E-state index is -0.333. The quantitative estimate of drug-likeness (QED) is 0.650. The molecule has 0 aliphatic carbocycles. The van der Waals surface area contributed by atoms with Gasteiger partial charge in [-0.15, -0.1) is 0 Å². The van der Waals surface area contributed by atoms with E-state index < -0.39 is 0 Å². The van der Waals surface area contributed by atoms with Crippen LogP contribution in [0.5, 0.6) is 0 Å². The molecular formula is C11H21N3O4. The summed E-state index contributed by atoms with van der Waals surface area (Å²) in [5.74, 6) is 0.0515. The van der Waals surface area contributed by atoms with Gasteiger partial charge in [-0.05, 0) is 0 Å². The van der Waals surface area contributed by atoms with E-state index in [0.29, 0.717) is 45.9 Å². The lowest BCUT2D eigenvalue weighted by atomic mass is 10.3. The molecule has 1 heterocycles. The molecule has 0 aromatic heterocycles. The minimum Gasteiger partial charge on any atom is -0.453 e. The van der Waals surface area contributed by atoms with Crippen molar-refractivity contribution in [2.24, 2.45) is 0 Å². The van der Waals surface area contributed by atoms with Crippen LogP contribution in [0, 0.1) is 0 Å². The molecule has 104 valence electrons. The van der Waals surface area contributed by atoms with Crippen LogP contribution in [0.15, 0.2) is 0 Å². The predicted molar refractivity (Wildman–Crippen MR) is 65.3 cm³/mol. The van der Waals surface area contributed by atoms with Crippen LogP contribution in [0.1, 0.15) is 0 Å². The third-order valence-electron chi connectivity index (χ3n) is 2.82. The molecular weight excluding hydrogens is 238 g/mol. The van der Waals surface area contributed by atoms with Gasteiger partial charge in [-0.1, -0.05) is 0 Å². The van der Waals surface area contributed by atoms with Gasteiger partial charge in [-0.3, -0.25) is 4.79 Å². The Bertz CT molecular complexity index is 277. The normalized spacial score (nSPS) is 15.7. The van der Waals surface area contributed by atoms with Crippen molar-refractivity contribution in [3.8, 4) is 0 Å². The second-order valence-corrected chi connectivity index (χ2v) is 4.01. The molecule has 0 radical (unpaired) electrons. The first kappa shape index (κ1) is 14.7. The monoisotopic (exact) mass is 259 g/mol. The lowest BCUT2D eigenvalue weighted by Crippen LogP contribution is -2.52. The predicted octanol–water partition coefficient (Wildman–Crippen LogP) is -0.867. The number of carbonyl (C=O) groups excluding carboxylic acids is 2. The molecule has 0 spiro atoms. The Hall–Kier alpha value is -1.34. The molecule has 7 heteroatoms. The standard InChI is InChI=1S/C11H21N3O4/c1-17-8-3-12-9-10(15)13-4-6-14(7-5-13)11(16)18-2/h12H,3-9H2,1-2H3. The van der Waals surface area contributed by atoms with Crippen molar-refractivity contribution in [3.63, 3.8) is 0 Å². The summed E-state index contributed by atoms with van der Waals surface area (Å²) in [6.07, 6.45) is -0.333. The first-order valence-electron chi connectivity index (χ1n) is 5.99. The first-order valence-corrected chi connectivity index (χ1v) is 5.99. The van der Waals surface area contributed by atoms with Crippen LogP contribution in [0.4, 0.5) is 4.79 Å². The zero-order chi connectivity index (χ0) is 13.4. The maximum absolute atomic E-state index is 11.8. The highest BCUT2D eigenvalue weighted by Gasteiger charge is 2.23. The van der Waals surface area contributed by atoms with Crippen molar-refractivity contribution in [2.45, 2.75) is 0 Å². The summed E-state index contributed by atoms with van der Waals surface area (Å²) < 4.78 is 9.51. The van der Waals surface area contributed by atoms with E-state index in [9.17, 15) is 9.59 Å². The van der Waals surface area contributed by atoms with Gasteiger partial charge in [0, 0.05) is 39.8 Å². The van der Waals surface area contributed by atoms with Crippen LogP contribution < -0.4 is 5.32 Å². The summed E-state index contributed by atoms with van der Waals surface area (Å²) in [7, 11) is 2.98. The molecule has 1 fully saturated rings. The molecule has 1 N–H and O–H groups in total. The molecule has 0 aromatic rings. The highest BCUT2D eigenvalue weighted by Crippen LogP contribution is 2.03.